The van der Waals surface area contributed by atoms with E-state index in [2.05, 4.69) is 15.5 Å². The van der Waals surface area contributed by atoms with Crippen LogP contribution in [0.4, 0.5) is 0 Å². The van der Waals surface area contributed by atoms with E-state index in [1.165, 1.54) is 12.1 Å². The second-order valence-corrected chi connectivity index (χ2v) is 6.21. The summed E-state index contributed by atoms with van der Waals surface area (Å²) in [6, 6.07) is 17.5. The van der Waals surface area contributed by atoms with Crippen LogP contribution in [0.1, 0.15) is 11.4 Å². The monoisotopic (exact) mass is 312 g/mol. The van der Waals surface area contributed by atoms with Crippen molar-refractivity contribution in [2.45, 2.75) is 4.90 Å². The lowest BCUT2D eigenvalue weighted by Gasteiger charge is -2.03. The SMILES string of the molecule is O=S(=O)(c1ccccc1)n1nnnc1/C=C/c1ccccc1. The third-order valence-electron chi connectivity index (χ3n) is 2.96. The number of hydrogen-bond donors (Lipinski definition) is 0. The van der Waals surface area contributed by atoms with Crippen LogP contribution in [-0.2, 0) is 10.0 Å². The Balaban J connectivity index is 1.98. The van der Waals surface area contributed by atoms with Crippen LogP contribution in [0.2, 0.25) is 0 Å². The van der Waals surface area contributed by atoms with Crippen molar-refractivity contribution in [3.8, 4) is 0 Å². The van der Waals surface area contributed by atoms with Gasteiger partial charge in [-0.15, -0.1) is 9.19 Å². The van der Waals surface area contributed by atoms with E-state index in [4.69, 9.17) is 0 Å². The Bertz CT molecular complexity index is 888. The molecule has 110 valence electrons. The molecule has 0 saturated heterocycles. The number of hydrogen-bond acceptors (Lipinski definition) is 5. The molecule has 0 fully saturated rings. The van der Waals surface area contributed by atoms with Gasteiger partial charge in [-0.05, 0) is 34.2 Å². The molecule has 0 N–H and O–H groups in total. The van der Waals surface area contributed by atoms with Gasteiger partial charge in [0.05, 0.1) is 4.90 Å². The van der Waals surface area contributed by atoms with Crippen LogP contribution in [0.15, 0.2) is 65.6 Å². The number of aromatic nitrogens is 4. The summed E-state index contributed by atoms with van der Waals surface area (Å²) >= 11 is 0. The molecular formula is C15H12N4O2S. The first kappa shape index (κ1) is 14.2. The molecule has 0 aliphatic carbocycles. The van der Waals surface area contributed by atoms with E-state index in [0.717, 1.165) is 9.65 Å². The number of benzene rings is 2. The predicted molar refractivity (Wildman–Crippen MR) is 82.2 cm³/mol. The van der Waals surface area contributed by atoms with Crippen LogP contribution in [0, 0.1) is 0 Å². The van der Waals surface area contributed by atoms with Gasteiger partial charge in [-0.1, -0.05) is 54.6 Å². The fraction of sp³-hybridized carbons (Fsp3) is 0. The minimum atomic E-state index is -3.80. The van der Waals surface area contributed by atoms with E-state index in [1.807, 2.05) is 30.3 Å². The Hall–Kier alpha value is -2.80. The van der Waals surface area contributed by atoms with E-state index < -0.39 is 10.0 Å². The molecule has 7 heteroatoms. The highest BCUT2D eigenvalue weighted by Gasteiger charge is 2.21. The average molecular weight is 312 g/mol. The van der Waals surface area contributed by atoms with Gasteiger partial charge in [0.15, 0.2) is 5.82 Å². The molecule has 0 bridgehead atoms. The van der Waals surface area contributed by atoms with Gasteiger partial charge in [0.1, 0.15) is 0 Å². The Morgan fingerprint density at radius 2 is 1.50 bits per heavy atom. The van der Waals surface area contributed by atoms with Crippen LogP contribution >= 0.6 is 0 Å². The van der Waals surface area contributed by atoms with Gasteiger partial charge in [0.25, 0.3) is 10.0 Å². The zero-order valence-electron chi connectivity index (χ0n) is 11.4. The highest BCUT2D eigenvalue weighted by atomic mass is 32.2. The average Bonchev–Trinajstić information content (AvgIpc) is 3.04. The molecule has 1 aromatic heterocycles. The first-order valence-corrected chi connectivity index (χ1v) is 7.94. The number of nitrogens with zero attached hydrogens (tertiary/aromatic N) is 4. The molecule has 1 heterocycles. The van der Waals surface area contributed by atoms with Crippen molar-refractivity contribution >= 4 is 22.2 Å². The number of tetrazole rings is 1. The van der Waals surface area contributed by atoms with E-state index in [0.29, 0.717) is 0 Å². The Kier molecular flexibility index (Phi) is 3.80. The Morgan fingerprint density at radius 3 is 2.18 bits per heavy atom. The highest BCUT2D eigenvalue weighted by molar-refractivity contribution is 7.89. The molecule has 0 radical (unpaired) electrons. The van der Waals surface area contributed by atoms with Crippen molar-refractivity contribution in [2.24, 2.45) is 0 Å². The molecule has 6 nitrogen and oxygen atoms in total. The molecular weight excluding hydrogens is 300 g/mol. The van der Waals surface area contributed by atoms with Gasteiger partial charge in [-0.3, -0.25) is 0 Å². The van der Waals surface area contributed by atoms with E-state index in [-0.39, 0.29) is 10.7 Å². The first-order valence-electron chi connectivity index (χ1n) is 6.50. The molecule has 0 aliphatic rings. The van der Waals surface area contributed by atoms with Crippen LogP contribution in [0.3, 0.4) is 0 Å². The molecule has 22 heavy (non-hydrogen) atoms. The van der Waals surface area contributed by atoms with Crippen molar-refractivity contribution in [3.63, 3.8) is 0 Å². The zero-order chi connectivity index (χ0) is 15.4. The van der Waals surface area contributed by atoms with Gasteiger partial charge in [0.2, 0.25) is 0 Å². The van der Waals surface area contributed by atoms with Gasteiger partial charge in [-0.25, -0.2) is 0 Å². The second kappa shape index (κ2) is 5.90. The minimum absolute atomic E-state index is 0.136. The summed E-state index contributed by atoms with van der Waals surface area (Å²) in [4.78, 5) is 0.136. The van der Waals surface area contributed by atoms with E-state index in [9.17, 15) is 8.42 Å². The fourth-order valence-electron chi connectivity index (χ4n) is 1.88. The smallest absolute Gasteiger partial charge is 0.199 e. The van der Waals surface area contributed by atoms with Gasteiger partial charge in [-0.2, -0.15) is 8.42 Å². The predicted octanol–water partition coefficient (Wildman–Crippen LogP) is 2.08. The molecule has 0 spiro atoms. The van der Waals surface area contributed by atoms with E-state index in [1.54, 1.807) is 30.4 Å². The lowest BCUT2D eigenvalue weighted by atomic mass is 10.2. The Morgan fingerprint density at radius 1 is 0.864 bits per heavy atom. The largest absolute Gasteiger partial charge is 0.286 e. The van der Waals surface area contributed by atoms with Crippen LogP contribution in [-0.4, -0.2) is 28.0 Å². The van der Waals surface area contributed by atoms with Crippen molar-refractivity contribution < 1.29 is 8.42 Å². The standard InChI is InChI=1S/C15H12N4O2S/c20-22(21,14-9-5-2-6-10-14)19-15(16-17-18-19)12-11-13-7-3-1-4-8-13/h1-12H/b12-11+. The van der Waals surface area contributed by atoms with Crippen LogP contribution in [0.25, 0.3) is 12.2 Å². The summed E-state index contributed by atoms with van der Waals surface area (Å²) in [6.45, 7) is 0. The lowest BCUT2D eigenvalue weighted by Crippen LogP contribution is -2.16. The molecule has 0 unspecified atom stereocenters. The lowest BCUT2D eigenvalue weighted by molar-refractivity contribution is 0.576. The molecule has 3 rings (SSSR count). The van der Waals surface area contributed by atoms with Gasteiger partial charge in [0, 0.05) is 0 Å². The van der Waals surface area contributed by atoms with Crippen molar-refractivity contribution in [3.05, 3.63) is 72.1 Å². The Labute approximate surface area is 127 Å². The quantitative estimate of drug-likeness (QED) is 0.737. The summed E-state index contributed by atoms with van der Waals surface area (Å²) in [6.07, 6.45) is 3.32. The zero-order valence-corrected chi connectivity index (χ0v) is 12.3. The van der Waals surface area contributed by atoms with Crippen LogP contribution in [0.5, 0.6) is 0 Å². The number of rotatable bonds is 4. The van der Waals surface area contributed by atoms with Crippen molar-refractivity contribution in [2.75, 3.05) is 0 Å². The van der Waals surface area contributed by atoms with Gasteiger partial charge < -0.3 is 0 Å². The summed E-state index contributed by atoms with van der Waals surface area (Å²) < 4.78 is 25.8. The third-order valence-corrected chi connectivity index (χ3v) is 4.54. The third kappa shape index (κ3) is 2.79. The highest BCUT2D eigenvalue weighted by Crippen LogP contribution is 2.14. The van der Waals surface area contributed by atoms with E-state index >= 15 is 0 Å². The molecule has 0 atom stereocenters. The molecule has 0 saturated carbocycles. The summed E-state index contributed by atoms with van der Waals surface area (Å²) in [7, 11) is -3.80. The molecule has 0 amide bonds. The summed E-state index contributed by atoms with van der Waals surface area (Å²) in [5.74, 6) is 0.146. The maximum Gasteiger partial charge on any atom is 0.286 e. The van der Waals surface area contributed by atoms with Crippen LogP contribution < -0.4 is 0 Å². The van der Waals surface area contributed by atoms with Crippen molar-refractivity contribution in [1.82, 2.24) is 19.6 Å². The first-order chi connectivity index (χ1) is 10.7. The minimum Gasteiger partial charge on any atom is -0.199 e. The fourth-order valence-corrected chi connectivity index (χ4v) is 3.05. The normalized spacial score (nSPS) is 11.8. The topological polar surface area (TPSA) is 77.7 Å². The molecule has 0 aliphatic heterocycles. The maximum atomic E-state index is 12.5. The summed E-state index contributed by atoms with van der Waals surface area (Å²) in [5, 5.41) is 10.8. The maximum absolute atomic E-state index is 12.5. The second-order valence-electron chi connectivity index (χ2n) is 4.44. The van der Waals surface area contributed by atoms with Crippen molar-refractivity contribution in [1.29, 1.82) is 0 Å². The van der Waals surface area contributed by atoms with Gasteiger partial charge >= 0.3 is 0 Å². The molecule has 2 aromatic carbocycles. The molecule has 3 aromatic rings. The summed E-state index contributed by atoms with van der Waals surface area (Å²) in [5.41, 5.74) is 0.925.